The maximum atomic E-state index is 12.8. The maximum Gasteiger partial charge on any atom is 0.321 e. The van der Waals surface area contributed by atoms with E-state index in [0.29, 0.717) is 31.9 Å². The molecule has 0 aliphatic carbocycles. The molecule has 0 bridgehead atoms. The number of urea groups is 1. The SMILES string of the molecule is Cc1ccccc1NC(=O)N1CCCN(S(=O)(=O)c2cn(C)c(C)n2)CC1. The van der Waals surface area contributed by atoms with Gasteiger partial charge in [0.05, 0.1) is 0 Å². The quantitative estimate of drug-likeness (QED) is 0.866. The van der Waals surface area contributed by atoms with E-state index in [2.05, 4.69) is 10.3 Å². The number of carbonyl (C=O) groups excluding carboxylic acids is 1. The summed E-state index contributed by atoms with van der Waals surface area (Å²) in [5.41, 5.74) is 1.75. The van der Waals surface area contributed by atoms with Crippen LogP contribution in [0.3, 0.4) is 0 Å². The van der Waals surface area contributed by atoms with Crippen molar-refractivity contribution in [2.75, 3.05) is 31.5 Å². The van der Waals surface area contributed by atoms with Crippen molar-refractivity contribution in [1.29, 1.82) is 0 Å². The number of aromatic nitrogens is 2. The van der Waals surface area contributed by atoms with Gasteiger partial charge in [0.15, 0.2) is 5.03 Å². The van der Waals surface area contributed by atoms with Gasteiger partial charge in [0.25, 0.3) is 10.0 Å². The number of carbonyl (C=O) groups is 1. The smallest absolute Gasteiger partial charge is 0.321 e. The van der Waals surface area contributed by atoms with Gasteiger partial charge in [0.1, 0.15) is 5.82 Å². The molecule has 1 aromatic carbocycles. The summed E-state index contributed by atoms with van der Waals surface area (Å²) in [6.07, 6.45) is 2.10. The lowest BCUT2D eigenvalue weighted by molar-refractivity contribution is 0.214. The first-order valence-corrected chi connectivity index (χ1v) is 10.3. The predicted molar refractivity (Wildman–Crippen MR) is 103 cm³/mol. The number of para-hydroxylation sites is 1. The highest BCUT2D eigenvalue weighted by molar-refractivity contribution is 7.89. The Balaban J connectivity index is 1.68. The van der Waals surface area contributed by atoms with Gasteiger partial charge < -0.3 is 14.8 Å². The molecule has 2 amide bonds. The van der Waals surface area contributed by atoms with Crippen LogP contribution in [0.25, 0.3) is 0 Å². The summed E-state index contributed by atoms with van der Waals surface area (Å²) in [4.78, 5) is 18.4. The van der Waals surface area contributed by atoms with Crippen LogP contribution >= 0.6 is 0 Å². The van der Waals surface area contributed by atoms with Crippen molar-refractivity contribution in [3.05, 3.63) is 41.9 Å². The summed E-state index contributed by atoms with van der Waals surface area (Å²) in [5.74, 6) is 0.641. The number of sulfonamides is 1. The number of anilines is 1. The molecule has 1 saturated heterocycles. The molecular formula is C18H25N5O3S. The third-order valence-electron chi connectivity index (χ3n) is 4.82. The van der Waals surface area contributed by atoms with E-state index in [-0.39, 0.29) is 17.6 Å². The molecule has 146 valence electrons. The summed E-state index contributed by atoms with van der Waals surface area (Å²) in [6.45, 7) is 5.15. The second kappa shape index (κ2) is 7.69. The summed E-state index contributed by atoms with van der Waals surface area (Å²) in [6, 6.07) is 7.36. The Morgan fingerprint density at radius 1 is 1.11 bits per heavy atom. The molecule has 1 aliphatic rings. The van der Waals surface area contributed by atoms with Gasteiger partial charge in [-0.3, -0.25) is 0 Å². The minimum absolute atomic E-state index is 0.0558. The number of amides is 2. The topological polar surface area (TPSA) is 87.5 Å². The molecule has 0 radical (unpaired) electrons. The van der Waals surface area contributed by atoms with Crippen LogP contribution in [0.2, 0.25) is 0 Å². The number of nitrogens with zero attached hydrogens (tertiary/aromatic N) is 4. The van der Waals surface area contributed by atoms with Crippen molar-refractivity contribution >= 4 is 21.7 Å². The molecule has 1 aliphatic heterocycles. The largest absolute Gasteiger partial charge is 0.337 e. The highest BCUT2D eigenvalue weighted by Gasteiger charge is 2.30. The third kappa shape index (κ3) is 4.14. The minimum atomic E-state index is -3.66. The van der Waals surface area contributed by atoms with Gasteiger partial charge in [0, 0.05) is 45.1 Å². The lowest BCUT2D eigenvalue weighted by atomic mass is 10.2. The Morgan fingerprint density at radius 3 is 2.52 bits per heavy atom. The molecular weight excluding hydrogens is 366 g/mol. The minimum Gasteiger partial charge on any atom is -0.337 e. The third-order valence-corrected chi connectivity index (χ3v) is 6.59. The van der Waals surface area contributed by atoms with E-state index in [4.69, 9.17) is 0 Å². The van der Waals surface area contributed by atoms with E-state index in [1.165, 1.54) is 10.5 Å². The van der Waals surface area contributed by atoms with Crippen molar-refractivity contribution < 1.29 is 13.2 Å². The van der Waals surface area contributed by atoms with E-state index in [0.717, 1.165) is 11.3 Å². The number of hydrogen-bond donors (Lipinski definition) is 1. The molecule has 0 atom stereocenters. The molecule has 2 aromatic rings. The van der Waals surface area contributed by atoms with Crippen LogP contribution in [-0.4, -0.2) is 59.4 Å². The summed E-state index contributed by atoms with van der Waals surface area (Å²) in [7, 11) is -1.89. The van der Waals surface area contributed by atoms with Gasteiger partial charge in [-0.1, -0.05) is 18.2 Å². The van der Waals surface area contributed by atoms with Gasteiger partial charge in [-0.05, 0) is 31.9 Å². The number of imidazole rings is 1. The van der Waals surface area contributed by atoms with Crippen LogP contribution < -0.4 is 5.32 Å². The fourth-order valence-electron chi connectivity index (χ4n) is 3.03. The Morgan fingerprint density at radius 2 is 1.85 bits per heavy atom. The zero-order valence-electron chi connectivity index (χ0n) is 15.8. The lowest BCUT2D eigenvalue weighted by Gasteiger charge is -2.22. The maximum absolute atomic E-state index is 12.8. The van der Waals surface area contributed by atoms with E-state index < -0.39 is 10.0 Å². The van der Waals surface area contributed by atoms with Gasteiger partial charge in [0.2, 0.25) is 0 Å². The van der Waals surface area contributed by atoms with E-state index >= 15 is 0 Å². The van der Waals surface area contributed by atoms with Gasteiger partial charge in [-0.15, -0.1) is 0 Å². The Hall–Kier alpha value is -2.39. The van der Waals surface area contributed by atoms with Crippen molar-refractivity contribution in [3.8, 4) is 0 Å². The van der Waals surface area contributed by atoms with Gasteiger partial charge in [-0.25, -0.2) is 18.2 Å². The van der Waals surface area contributed by atoms with E-state index in [1.807, 2.05) is 31.2 Å². The summed E-state index contributed by atoms with van der Waals surface area (Å²) in [5, 5.41) is 2.96. The zero-order valence-corrected chi connectivity index (χ0v) is 16.7. The highest BCUT2D eigenvalue weighted by Crippen LogP contribution is 2.18. The van der Waals surface area contributed by atoms with Crippen molar-refractivity contribution in [2.24, 2.45) is 7.05 Å². The summed E-state index contributed by atoms with van der Waals surface area (Å²) >= 11 is 0. The average Bonchev–Trinajstić information content (AvgIpc) is 2.84. The number of hydrogen-bond acceptors (Lipinski definition) is 4. The molecule has 9 heteroatoms. The van der Waals surface area contributed by atoms with Gasteiger partial charge in [-0.2, -0.15) is 4.31 Å². The van der Waals surface area contributed by atoms with Crippen molar-refractivity contribution in [1.82, 2.24) is 18.8 Å². The molecule has 8 nitrogen and oxygen atoms in total. The first-order chi connectivity index (χ1) is 12.8. The molecule has 3 rings (SSSR count). The number of benzene rings is 1. The van der Waals surface area contributed by atoms with Crippen LogP contribution in [0.4, 0.5) is 10.5 Å². The summed E-state index contributed by atoms with van der Waals surface area (Å²) < 4.78 is 28.8. The first kappa shape index (κ1) is 19.4. The van der Waals surface area contributed by atoms with E-state index in [1.54, 1.807) is 23.4 Å². The zero-order chi connectivity index (χ0) is 19.6. The van der Waals surface area contributed by atoms with E-state index in [9.17, 15) is 13.2 Å². The normalized spacial score (nSPS) is 16.2. The average molecular weight is 391 g/mol. The second-order valence-corrected chi connectivity index (χ2v) is 8.61. The van der Waals surface area contributed by atoms with Crippen molar-refractivity contribution in [2.45, 2.75) is 25.3 Å². The highest BCUT2D eigenvalue weighted by atomic mass is 32.2. The molecule has 2 heterocycles. The Kier molecular flexibility index (Phi) is 5.52. The van der Waals surface area contributed by atoms with Crippen LogP contribution in [0.5, 0.6) is 0 Å². The first-order valence-electron chi connectivity index (χ1n) is 8.90. The predicted octanol–water partition coefficient (Wildman–Crippen LogP) is 1.97. The number of rotatable bonds is 3. The standard InChI is InChI=1S/C18H25N5O3S/c1-14-7-4-5-8-16(14)20-18(24)22-9-6-10-23(12-11-22)27(25,26)17-13-21(3)15(2)19-17/h4-5,7-8,13H,6,9-12H2,1-3H3,(H,20,24). The van der Waals surface area contributed by atoms with Gasteiger partial charge >= 0.3 is 6.03 Å². The van der Waals surface area contributed by atoms with Crippen LogP contribution in [-0.2, 0) is 17.1 Å². The van der Waals surface area contributed by atoms with Crippen molar-refractivity contribution in [3.63, 3.8) is 0 Å². The van der Waals surface area contributed by atoms with Crippen LogP contribution in [0.15, 0.2) is 35.5 Å². The monoisotopic (exact) mass is 391 g/mol. The molecule has 0 spiro atoms. The van der Waals surface area contributed by atoms with Crippen LogP contribution in [0, 0.1) is 13.8 Å². The second-order valence-electron chi connectivity index (χ2n) is 6.73. The molecule has 0 saturated carbocycles. The molecule has 0 unspecified atom stereocenters. The number of aryl methyl sites for hydroxylation is 3. The Bertz CT molecular complexity index is 919. The molecule has 1 fully saturated rings. The van der Waals surface area contributed by atoms with Crippen LogP contribution in [0.1, 0.15) is 17.8 Å². The lowest BCUT2D eigenvalue weighted by Crippen LogP contribution is -2.39. The molecule has 27 heavy (non-hydrogen) atoms. The molecule has 1 aromatic heterocycles. The molecule has 1 N–H and O–H groups in total. The fraction of sp³-hybridized carbons (Fsp3) is 0.444. The Labute approximate surface area is 159 Å². The fourth-order valence-corrected chi connectivity index (χ4v) is 4.52. The number of nitrogens with one attached hydrogen (secondary N) is 1.